The second-order valence-electron chi connectivity index (χ2n) is 4.55. The summed E-state index contributed by atoms with van der Waals surface area (Å²) in [5, 5.41) is 17.0. The molecule has 0 bridgehead atoms. The van der Waals surface area contributed by atoms with E-state index in [0.29, 0.717) is 6.42 Å². The van der Waals surface area contributed by atoms with Crippen LogP contribution < -0.4 is 0 Å². The van der Waals surface area contributed by atoms with Crippen molar-refractivity contribution in [3.05, 3.63) is 37.7 Å². The van der Waals surface area contributed by atoms with Gasteiger partial charge in [0, 0.05) is 17.8 Å². The quantitative estimate of drug-likeness (QED) is 0.895. The summed E-state index contributed by atoms with van der Waals surface area (Å²) in [7, 11) is 0. The van der Waals surface area contributed by atoms with Crippen LogP contribution in [0.1, 0.15) is 41.8 Å². The Morgan fingerprint density at radius 2 is 2.21 bits per heavy atom. The Kier molecular flexibility index (Phi) is 4.81. The van der Waals surface area contributed by atoms with E-state index < -0.39 is 6.10 Å². The third kappa shape index (κ3) is 2.93. The second kappa shape index (κ2) is 6.20. The molecule has 2 aromatic heterocycles. The predicted molar refractivity (Wildman–Crippen MR) is 82.7 cm³/mol. The van der Waals surface area contributed by atoms with E-state index in [2.05, 4.69) is 46.3 Å². The Morgan fingerprint density at radius 3 is 2.84 bits per heavy atom. The molecule has 104 valence electrons. The molecule has 1 atom stereocenters. The van der Waals surface area contributed by atoms with Crippen molar-refractivity contribution in [2.45, 2.75) is 46.3 Å². The van der Waals surface area contributed by atoms with Crippen LogP contribution in [0, 0.1) is 6.92 Å². The Balaban J connectivity index is 2.26. The summed E-state index contributed by atoms with van der Waals surface area (Å²) in [6.45, 7) is 6.99. The van der Waals surface area contributed by atoms with E-state index in [1.165, 1.54) is 5.56 Å². The molecule has 2 aromatic rings. The molecular weight excluding hydrogens is 324 g/mol. The molecule has 0 spiro atoms. The maximum absolute atomic E-state index is 10.5. The molecule has 1 N–H and O–H groups in total. The summed E-state index contributed by atoms with van der Waals surface area (Å²) < 4.78 is 2.98. The molecule has 19 heavy (non-hydrogen) atoms. The molecule has 0 aliphatic rings. The van der Waals surface area contributed by atoms with E-state index >= 15 is 0 Å². The average Bonchev–Trinajstić information content (AvgIpc) is 2.98. The minimum Gasteiger partial charge on any atom is -0.387 e. The number of rotatable bonds is 5. The number of aryl methyl sites for hydroxylation is 3. The number of hydrogen-bond acceptors (Lipinski definition) is 3. The van der Waals surface area contributed by atoms with Gasteiger partial charge in [-0.25, -0.2) is 0 Å². The number of aliphatic hydroxyl groups is 1. The highest BCUT2D eigenvalue weighted by molar-refractivity contribution is 9.10. The predicted octanol–water partition coefficient (Wildman–Crippen LogP) is 3.87. The van der Waals surface area contributed by atoms with Crippen LogP contribution >= 0.6 is 27.3 Å². The van der Waals surface area contributed by atoms with Crippen LogP contribution in [0.4, 0.5) is 0 Å². The lowest BCUT2D eigenvalue weighted by atomic mass is 10.1. The van der Waals surface area contributed by atoms with Crippen LogP contribution in [0.3, 0.4) is 0 Å². The lowest BCUT2D eigenvalue weighted by Gasteiger charge is -2.12. The van der Waals surface area contributed by atoms with Crippen LogP contribution in [0.5, 0.6) is 0 Å². The Bertz CT molecular complexity index is 562. The van der Waals surface area contributed by atoms with Gasteiger partial charge in [0.25, 0.3) is 0 Å². The van der Waals surface area contributed by atoms with Crippen molar-refractivity contribution in [2.75, 3.05) is 0 Å². The maximum Gasteiger partial charge on any atom is 0.0940 e. The summed E-state index contributed by atoms with van der Waals surface area (Å²) in [4.78, 5) is 1.08. The van der Waals surface area contributed by atoms with E-state index in [1.54, 1.807) is 11.3 Å². The van der Waals surface area contributed by atoms with Crippen molar-refractivity contribution < 1.29 is 5.11 Å². The topological polar surface area (TPSA) is 38.1 Å². The van der Waals surface area contributed by atoms with Crippen molar-refractivity contribution in [2.24, 2.45) is 0 Å². The molecule has 0 amide bonds. The first-order valence-corrected chi connectivity index (χ1v) is 8.21. The number of aliphatic hydroxyl groups excluding tert-OH is 1. The number of halogens is 1. The van der Waals surface area contributed by atoms with Gasteiger partial charge in [-0.15, -0.1) is 11.3 Å². The van der Waals surface area contributed by atoms with Crippen molar-refractivity contribution in [1.29, 1.82) is 0 Å². The smallest absolute Gasteiger partial charge is 0.0940 e. The SMILES string of the molecule is CCc1ccsc1C(O)Cc1c(Br)c(C)nn1CC. The van der Waals surface area contributed by atoms with Gasteiger partial charge in [0.1, 0.15) is 0 Å². The van der Waals surface area contributed by atoms with Gasteiger partial charge in [-0.3, -0.25) is 4.68 Å². The third-order valence-electron chi connectivity index (χ3n) is 3.30. The summed E-state index contributed by atoms with van der Waals surface area (Å²) in [5.74, 6) is 0. The fraction of sp³-hybridized carbons (Fsp3) is 0.500. The highest BCUT2D eigenvalue weighted by Crippen LogP contribution is 2.30. The molecule has 1 unspecified atom stereocenters. The lowest BCUT2D eigenvalue weighted by Crippen LogP contribution is -2.09. The van der Waals surface area contributed by atoms with Crippen LogP contribution in [-0.2, 0) is 19.4 Å². The van der Waals surface area contributed by atoms with Crippen LogP contribution in [0.25, 0.3) is 0 Å². The molecule has 0 saturated heterocycles. The molecule has 2 rings (SSSR count). The molecule has 0 aliphatic carbocycles. The molecule has 0 aromatic carbocycles. The second-order valence-corrected chi connectivity index (χ2v) is 6.29. The lowest BCUT2D eigenvalue weighted by molar-refractivity contribution is 0.178. The van der Waals surface area contributed by atoms with Gasteiger partial charge < -0.3 is 5.11 Å². The summed E-state index contributed by atoms with van der Waals surface area (Å²) in [6.07, 6.45) is 1.11. The first kappa shape index (κ1) is 14.8. The molecule has 0 saturated carbocycles. The highest BCUT2D eigenvalue weighted by atomic mass is 79.9. The van der Waals surface area contributed by atoms with Gasteiger partial charge in [0.15, 0.2) is 0 Å². The van der Waals surface area contributed by atoms with E-state index in [9.17, 15) is 5.11 Å². The highest BCUT2D eigenvalue weighted by Gasteiger charge is 2.19. The minimum atomic E-state index is -0.451. The first-order chi connectivity index (χ1) is 9.08. The van der Waals surface area contributed by atoms with E-state index in [1.807, 2.05) is 11.6 Å². The standard InChI is InChI=1S/C14H19BrN2OS/c1-4-10-6-7-19-14(10)12(18)8-11-13(15)9(3)16-17(11)5-2/h6-7,12,18H,4-5,8H2,1-3H3. The van der Waals surface area contributed by atoms with Crippen molar-refractivity contribution in [1.82, 2.24) is 9.78 Å². The molecule has 0 aliphatic heterocycles. The van der Waals surface area contributed by atoms with Gasteiger partial charge in [0.2, 0.25) is 0 Å². The molecule has 3 nitrogen and oxygen atoms in total. The zero-order chi connectivity index (χ0) is 14.0. The fourth-order valence-electron chi connectivity index (χ4n) is 2.27. The minimum absolute atomic E-state index is 0.451. The van der Waals surface area contributed by atoms with Gasteiger partial charge in [-0.2, -0.15) is 5.10 Å². The molecule has 0 radical (unpaired) electrons. The molecule has 0 fully saturated rings. The Hall–Kier alpha value is -0.650. The van der Waals surface area contributed by atoms with Crippen LogP contribution in [0.15, 0.2) is 15.9 Å². The largest absolute Gasteiger partial charge is 0.387 e. The Morgan fingerprint density at radius 1 is 1.47 bits per heavy atom. The summed E-state index contributed by atoms with van der Waals surface area (Å²) in [5.41, 5.74) is 3.29. The number of hydrogen-bond donors (Lipinski definition) is 1. The monoisotopic (exact) mass is 342 g/mol. The van der Waals surface area contributed by atoms with Gasteiger partial charge in [-0.1, -0.05) is 6.92 Å². The van der Waals surface area contributed by atoms with Gasteiger partial charge in [-0.05, 0) is 53.2 Å². The van der Waals surface area contributed by atoms with Crippen molar-refractivity contribution in [3.8, 4) is 0 Å². The zero-order valence-electron chi connectivity index (χ0n) is 11.5. The number of aromatic nitrogens is 2. The van der Waals surface area contributed by atoms with E-state index in [4.69, 9.17) is 0 Å². The van der Waals surface area contributed by atoms with Crippen LogP contribution in [-0.4, -0.2) is 14.9 Å². The molecular formula is C14H19BrN2OS. The average molecular weight is 343 g/mol. The van der Waals surface area contributed by atoms with Crippen molar-refractivity contribution >= 4 is 27.3 Å². The van der Waals surface area contributed by atoms with E-state index in [0.717, 1.165) is 33.7 Å². The summed E-state index contributed by atoms with van der Waals surface area (Å²) >= 11 is 5.21. The maximum atomic E-state index is 10.5. The third-order valence-corrected chi connectivity index (χ3v) is 5.40. The fourth-order valence-corrected chi connectivity index (χ4v) is 3.70. The number of thiophene rings is 1. The zero-order valence-corrected chi connectivity index (χ0v) is 13.9. The first-order valence-electron chi connectivity index (χ1n) is 6.54. The van der Waals surface area contributed by atoms with Crippen LogP contribution in [0.2, 0.25) is 0 Å². The van der Waals surface area contributed by atoms with Gasteiger partial charge >= 0.3 is 0 Å². The molecule has 2 heterocycles. The number of nitrogens with zero attached hydrogens (tertiary/aromatic N) is 2. The molecule has 5 heteroatoms. The normalized spacial score (nSPS) is 12.9. The van der Waals surface area contributed by atoms with Gasteiger partial charge in [0.05, 0.1) is 22.0 Å². The Labute approximate surface area is 126 Å². The van der Waals surface area contributed by atoms with E-state index in [-0.39, 0.29) is 0 Å². The van der Waals surface area contributed by atoms with Crippen molar-refractivity contribution in [3.63, 3.8) is 0 Å². The summed E-state index contributed by atoms with van der Waals surface area (Å²) in [6, 6.07) is 2.10.